The Balaban J connectivity index is 1.36. The summed E-state index contributed by atoms with van der Waals surface area (Å²) in [6, 6.07) is 19.0. The van der Waals surface area contributed by atoms with E-state index in [1.165, 1.54) is 0 Å². The zero-order valence-electron chi connectivity index (χ0n) is 15.7. The molecule has 0 bridgehead atoms. The molecule has 0 saturated carbocycles. The summed E-state index contributed by atoms with van der Waals surface area (Å²) in [5.41, 5.74) is 1.72. The molecule has 6 nitrogen and oxygen atoms in total. The predicted molar refractivity (Wildman–Crippen MR) is 110 cm³/mol. The summed E-state index contributed by atoms with van der Waals surface area (Å²) >= 11 is 0. The van der Waals surface area contributed by atoms with Crippen LogP contribution in [0.25, 0.3) is 0 Å². The van der Waals surface area contributed by atoms with Crippen LogP contribution in [0, 0.1) is 11.8 Å². The first kappa shape index (κ1) is 19.5. The molecule has 144 valence electrons. The molecule has 2 aromatic rings. The standard InChI is InChI=1S/C22H24N4O2/c27-21(24-20-11-5-2-6-12-20)18-25-14-16-26(17-15-25)22(28)23-13-7-10-19-8-3-1-4-9-19/h1-6,8-9,11-12H,13-18H2,(H,23,28)(H,24,27). The molecule has 2 aromatic carbocycles. The molecule has 0 spiro atoms. The Bertz CT molecular complexity index is 835. The van der Waals surface area contributed by atoms with E-state index in [9.17, 15) is 9.59 Å². The molecule has 1 aliphatic rings. The number of urea groups is 1. The number of anilines is 1. The van der Waals surface area contributed by atoms with Crippen LogP contribution in [-0.2, 0) is 4.79 Å². The molecule has 1 aliphatic heterocycles. The maximum absolute atomic E-state index is 12.2. The van der Waals surface area contributed by atoms with Crippen molar-refractivity contribution >= 4 is 17.6 Å². The largest absolute Gasteiger partial charge is 0.327 e. The van der Waals surface area contributed by atoms with Crippen molar-refractivity contribution in [1.82, 2.24) is 15.1 Å². The second-order valence-corrected chi connectivity index (χ2v) is 6.50. The van der Waals surface area contributed by atoms with Gasteiger partial charge < -0.3 is 15.5 Å². The smallest absolute Gasteiger partial charge is 0.318 e. The fourth-order valence-electron chi connectivity index (χ4n) is 2.93. The molecular weight excluding hydrogens is 352 g/mol. The lowest BCUT2D eigenvalue weighted by Crippen LogP contribution is -2.53. The predicted octanol–water partition coefficient (Wildman–Crippen LogP) is 2.00. The van der Waals surface area contributed by atoms with Gasteiger partial charge in [0, 0.05) is 37.4 Å². The van der Waals surface area contributed by atoms with Crippen LogP contribution in [0.5, 0.6) is 0 Å². The van der Waals surface area contributed by atoms with Crippen molar-refractivity contribution in [3.05, 3.63) is 66.2 Å². The summed E-state index contributed by atoms with van der Waals surface area (Å²) in [5.74, 6) is 5.93. The fourth-order valence-corrected chi connectivity index (χ4v) is 2.93. The molecule has 6 heteroatoms. The number of nitrogens with one attached hydrogen (secondary N) is 2. The van der Waals surface area contributed by atoms with Crippen LogP contribution in [-0.4, -0.2) is 61.0 Å². The summed E-state index contributed by atoms with van der Waals surface area (Å²) in [4.78, 5) is 28.2. The number of nitrogens with zero attached hydrogens (tertiary/aromatic N) is 2. The van der Waals surface area contributed by atoms with E-state index >= 15 is 0 Å². The Morgan fingerprint density at radius 1 is 0.893 bits per heavy atom. The Hall–Kier alpha value is -3.30. The molecule has 0 atom stereocenters. The highest BCUT2D eigenvalue weighted by Crippen LogP contribution is 2.06. The van der Waals surface area contributed by atoms with Crippen LogP contribution in [0.3, 0.4) is 0 Å². The normalized spacial score (nSPS) is 13.9. The van der Waals surface area contributed by atoms with Crippen molar-refractivity contribution in [2.24, 2.45) is 0 Å². The third-order valence-electron chi connectivity index (χ3n) is 4.42. The highest BCUT2D eigenvalue weighted by atomic mass is 16.2. The number of carbonyl (C=O) groups excluding carboxylic acids is 2. The third kappa shape index (κ3) is 6.15. The lowest BCUT2D eigenvalue weighted by atomic mass is 10.2. The van der Waals surface area contributed by atoms with Gasteiger partial charge in [-0.1, -0.05) is 48.2 Å². The van der Waals surface area contributed by atoms with Crippen LogP contribution in [0.1, 0.15) is 5.56 Å². The van der Waals surface area contributed by atoms with E-state index in [2.05, 4.69) is 27.4 Å². The number of para-hydroxylation sites is 1. The lowest BCUT2D eigenvalue weighted by molar-refractivity contribution is -0.117. The molecule has 0 unspecified atom stereocenters. The second-order valence-electron chi connectivity index (χ2n) is 6.50. The van der Waals surface area contributed by atoms with Gasteiger partial charge in [0.15, 0.2) is 0 Å². The van der Waals surface area contributed by atoms with Gasteiger partial charge in [0.25, 0.3) is 0 Å². The van der Waals surface area contributed by atoms with Crippen molar-refractivity contribution in [1.29, 1.82) is 0 Å². The van der Waals surface area contributed by atoms with E-state index in [0.717, 1.165) is 11.3 Å². The summed E-state index contributed by atoms with van der Waals surface area (Å²) in [6.45, 7) is 3.17. The molecular formula is C22H24N4O2. The van der Waals surface area contributed by atoms with Crippen molar-refractivity contribution in [2.45, 2.75) is 0 Å². The van der Waals surface area contributed by atoms with Crippen LogP contribution >= 0.6 is 0 Å². The number of hydrogen-bond acceptors (Lipinski definition) is 3. The van der Waals surface area contributed by atoms with E-state index in [0.29, 0.717) is 39.3 Å². The van der Waals surface area contributed by atoms with Crippen molar-refractivity contribution in [2.75, 3.05) is 44.6 Å². The second kappa shape index (κ2) is 10.1. The molecule has 1 saturated heterocycles. The maximum atomic E-state index is 12.2. The summed E-state index contributed by atoms with van der Waals surface area (Å²) in [5, 5.41) is 5.71. The average molecular weight is 376 g/mol. The number of hydrogen-bond donors (Lipinski definition) is 2. The number of amides is 3. The van der Waals surface area contributed by atoms with Gasteiger partial charge in [-0.05, 0) is 24.3 Å². The molecule has 0 aromatic heterocycles. The van der Waals surface area contributed by atoms with Gasteiger partial charge in [0.05, 0.1) is 13.1 Å². The summed E-state index contributed by atoms with van der Waals surface area (Å²) in [6.07, 6.45) is 0. The third-order valence-corrected chi connectivity index (χ3v) is 4.42. The number of rotatable bonds is 4. The molecule has 0 aliphatic carbocycles. The molecule has 2 N–H and O–H groups in total. The van der Waals surface area contributed by atoms with E-state index in [1.807, 2.05) is 60.7 Å². The fraction of sp³-hybridized carbons (Fsp3) is 0.273. The molecule has 3 rings (SSSR count). The molecule has 3 amide bonds. The van der Waals surface area contributed by atoms with Crippen LogP contribution in [0.4, 0.5) is 10.5 Å². The topological polar surface area (TPSA) is 64.7 Å². The zero-order valence-corrected chi connectivity index (χ0v) is 15.7. The molecule has 1 fully saturated rings. The van der Waals surface area contributed by atoms with Crippen LogP contribution < -0.4 is 10.6 Å². The van der Waals surface area contributed by atoms with E-state index < -0.39 is 0 Å². The van der Waals surface area contributed by atoms with Gasteiger partial charge in [0.1, 0.15) is 0 Å². The quantitative estimate of drug-likeness (QED) is 0.803. The Morgan fingerprint density at radius 3 is 2.21 bits per heavy atom. The van der Waals surface area contributed by atoms with Gasteiger partial charge in [-0.15, -0.1) is 0 Å². The van der Waals surface area contributed by atoms with Gasteiger partial charge in [-0.25, -0.2) is 4.79 Å². The monoisotopic (exact) mass is 376 g/mol. The lowest BCUT2D eigenvalue weighted by Gasteiger charge is -2.34. The van der Waals surface area contributed by atoms with Gasteiger partial charge in [-0.3, -0.25) is 9.69 Å². The minimum Gasteiger partial charge on any atom is -0.327 e. The average Bonchev–Trinajstić information content (AvgIpc) is 2.73. The van der Waals surface area contributed by atoms with Gasteiger partial charge >= 0.3 is 6.03 Å². The van der Waals surface area contributed by atoms with Crippen molar-refractivity contribution in [3.63, 3.8) is 0 Å². The molecule has 1 heterocycles. The van der Waals surface area contributed by atoms with Crippen molar-refractivity contribution in [3.8, 4) is 11.8 Å². The van der Waals surface area contributed by atoms with Gasteiger partial charge in [-0.2, -0.15) is 0 Å². The Kier molecular flexibility index (Phi) is 7.05. The first-order valence-electron chi connectivity index (χ1n) is 9.35. The zero-order chi connectivity index (χ0) is 19.6. The minimum absolute atomic E-state index is 0.0414. The first-order chi connectivity index (χ1) is 13.7. The van der Waals surface area contributed by atoms with E-state index in [1.54, 1.807) is 4.90 Å². The summed E-state index contributed by atoms with van der Waals surface area (Å²) in [7, 11) is 0. The molecule has 0 radical (unpaired) electrons. The number of benzene rings is 2. The number of carbonyl (C=O) groups is 2. The highest BCUT2D eigenvalue weighted by Gasteiger charge is 2.22. The SMILES string of the molecule is O=C(CN1CCN(C(=O)NCC#Cc2ccccc2)CC1)Nc1ccccc1. The number of piperazine rings is 1. The Morgan fingerprint density at radius 2 is 1.54 bits per heavy atom. The summed E-state index contributed by atoms with van der Waals surface area (Å²) < 4.78 is 0. The highest BCUT2D eigenvalue weighted by molar-refractivity contribution is 5.92. The van der Waals surface area contributed by atoms with Crippen LogP contribution in [0.2, 0.25) is 0 Å². The first-order valence-corrected chi connectivity index (χ1v) is 9.35. The van der Waals surface area contributed by atoms with Crippen molar-refractivity contribution < 1.29 is 9.59 Å². The Labute approximate surface area is 165 Å². The van der Waals surface area contributed by atoms with E-state index in [-0.39, 0.29) is 11.9 Å². The van der Waals surface area contributed by atoms with E-state index in [4.69, 9.17) is 0 Å². The van der Waals surface area contributed by atoms with Gasteiger partial charge in [0.2, 0.25) is 5.91 Å². The van der Waals surface area contributed by atoms with Crippen LogP contribution in [0.15, 0.2) is 60.7 Å². The minimum atomic E-state index is -0.115. The maximum Gasteiger partial charge on any atom is 0.318 e. The molecule has 28 heavy (non-hydrogen) atoms.